The summed E-state index contributed by atoms with van der Waals surface area (Å²) in [6.45, 7) is -1.01. The van der Waals surface area contributed by atoms with Crippen LogP contribution in [0, 0.1) is 11.7 Å². The van der Waals surface area contributed by atoms with Crippen LogP contribution in [0.5, 0.6) is 5.75 Å². The number of rotatable bonds is 8. The van der Waals surface area contributed by atoms with Crippen molar-refractivity contribution in [2.45, 2.75) is 43.5 Å². The maximum Gasteiger partial charge on any atom is 0.454 e. The van der Waals surface area contributed by atoms with Crippen molar-refractivity contribution >= 4 is 11.8 Å². The molecule has 2 aliphatic rings. The molecule has 8 nitrogen and oxygen atoms in total. The third-order valence-electron chi connectivity index (χ3n) is 7.35. The number of carbonyl (C=O) groups is 2. The number of likely N-dealkylation sites (tertiary alicyclic amines) is 2. The molecular weight excluding hydrogens is 558 g/mol. The number of pyridine rings is 1. The van der Waals surface area contributed by atoms with Crippen LogP contribution in [0.15, 0.2) is 36.5 Å². The minimum absolute atomic E-state index is 0.0238. The first-order chi connectivity index (χ1) is 19.3. The average Bonchev–Trinajstić information content (AvgIpc) is 3.33. The van der Waals surface area contributed by atoms with E-state index >= 15 is 0 Å². The lowest BCUT2D eigenvalue weighted by molar-refractivity contribution is -0.287. The Hall–Kier alpha value is -3.39. The predicted octanol–water partition coefficient (Wildman–Crippen LogP) is 3.50. The van der Waals surface area contributed by atoms with Crippen molar-refractivity contribution in [1.29, 1.82) is 0 Å². The minimum Gasteiger partial charge on any atom is -0.492 e. The van der Waals surface area contributed by atoms with Gasteiger partial charge in [0.25, 0.3) is 5.91 Å². The van der Waals surface area contributed by atoms with Crippen LogP contribution in [0.4, 0.5) is 26.3 Å². The number of aliphatic hydroxyl groups is 1. The third-order valence-corrected chi connectivity index (χ3v) is 7.35. The largest absolute Gasteiger partial charge is 0.492 e. The second-order valence-corrected chi connectivity index (χ2v) is 10.3. The quantitative estimate of drug-likeness (QED) is 0.459. The van der Waals surface area contributed by atoms with Crippen LogP contribution in [-0.4, -0.2) is 95.8 Å². The van der Waals surface area contributed by atoms with Gasteiger partial charge in [-0.25, -0.2) is 4.39 Å². The summed E-state index contributed by atoms with van der Waals surface area (Å²) in [5.41, 5.74) is 0.539. The molecule has 0 aliphatic carbocycles. The molecule has 1 aromatic heterocycles. The maximum atomic E-state index is 15.0. The Bertz CT molecular complexity index is 1240. The van der Waals surface area contributed by atoms with E-state index in [0.717, 1.165) is 15.9 Å². The highest BCUT2D eigenvalue weighted by Crippen LogP contribution is 2.36. The predicted molar refractivity (Wildman–Crippen MR) is 135 cm³/mol. The van der Waals surface area contributed by atoms with Crippen LogP contribution in [0.3, 0.4) is 0 Å². The van der Waals surface area contributed by atoms with Crippen LogP contribution >= 0.6 is 0 Å². The van der Waals surface area contributed by atoms with Gasteiger partial charge in [-0.2, -0.15) is 22.0 Å². The van der Waals surface area contributed by atoms with Gasteiger partial charge >= 0.3 is 12.1 Å². The number of halogens is 6. The topological polar surface area (TPSA) is 95.0 Å². The lowest BCUT2D eigenvalue weighted by atomic mass is 9.97. The minimum atomic E-state index is -5.58. The molecule has 2 amide bonds. The molecule has 2 aromatic rings. The van der Waals surface area contributed by atoms with E-state index in [1.807, 2.05) is 0 Å². The molecule has 2 atom stereocenters. The molecule has 0 saturated carbocycles. The molecule has 3 heterocycles. The molecule has 224 valence electrons. The van der Waals surface area contributed by atoms with Gasteiger partial charge in [-0.1, -0.05) is 6.07 Å². The Kier molecular flexibility index (Phi) is 9.12. The fourth-order valence-corrected chi connectivity index (χ4v) is 4.99. The highest BCUT2D eigenvalue weighted by Gasteiger charge is 2.58. The van der Waals surface area contributed by atoms with Crippen molar-refractivity contribution in [3.8, 4) is 17.0 Å². The highest BCUT2D eigenvalue weighted by atomic mass is 19.4. The number of aromatic nitrogens is 1. The van der Waals surface area contributed by atoms with Crippen LogP contribution < -0.4 is 10.1 Å². The van der Waals surface area contributed by atoms with E-state index in [-0.39, 0.29) is 44.1 Å². The number of aliphatic hydroxyl groups excluding tert-OH is 1. The molecule has 2 N–H and O–H groups in total. The molecule has 0 bridgehead atoms. The second kappa shape index (κ2) is 12.2. The number of hydrogen-bond acceptors (Lipinski definition) is 6. The molecule has 0 spiro atoms. The summed E-state index contributed by atoms with van der Waals surface area (Å²) in [6.07, 6.45) is -4.17. The molecular formula is C27H30F6N4O4. The molecule has 2 aliphatic heterocycles. The van der Waals surface area contributed by atoms with Gasteiger partial charge in [-0.05, 0) is 56.1 Å². The number of nitrogens with one attached hydrogen (secondary N) is 1. The molecule has 41 heavy (non-hydrogen) atoms. The summed E-state index contributed by atoms with van der Waals surface area (Å²) in [7, 11) is 1.41. The lowest BCUT2D eigenvalue weighted by Gasteiger charge is -2.34. The number of nitrogens with zero attached hydrogens (tertiary/aromatic N) is 3. The molecule has 2 fully saturated rings. The Morgan fingerprint density at radius 2 is 1.83 bits per heavy atom. The SMILES string of the molecule is CNC(=O)[C@@H]1CC(O)CN1C(=O)c1ccc(-c2ccc(OCC3CCN(CC(F)(F)C(F)(F)F)CC3)cn2)cc1F. The smallest absolute Gasteiger partial charge is 0.454 e. The monoisotopic (exact) mass is 588 g/mol. The summed E-state index contributed by atoms with van der Waals surface area (Å²) >= 11 is 0. The van der Waals surface area contributed by atoms with E-state index in [9.17, 15) is 41.0 Å². The summed E-state index contributed by atoms with van der Waals surface area (Å²) in [4.78, 5) is 31.5. The number of benzene rings is 1. The summed E-state index contributed by atoms with van der Waals surface area (Å²) in [5, 5.41) is 12.4. The van der Waals surface area contributed by atoms with Gasteiger partial charge in [-0.15, -0.1) is 0 Å². The number of hydrogen-bond donors (Lipinski definition) is 2. The first-order valence-corrected chi connectivity index (χ1v) is 13.1. The fourth-order valence-electron chi connectivity index (χ4n) is 4.99. The zero-order valence-electron chi connectivity index (χ0n) is 22.1. The van der Waals surface area contributed by atoms with Crippen LogP contribution in [-0.2, 0) is 4.79 Å². The number of alkyl halides is 5. The van der Waals surface area contributed by atoms with E-state index in [1.165, 1.54) is 25.4 Å². The number of carbonyl (C=O) groups excluding carboxylic acids is 2. The molecule has 0 radical (unpaired) electrons. The highest BCUT2D eigenvalue weighted by molar-refractivity contribution is 5.98. The standard InChI is InChI=1S/C27H30F6N4O4/c1-34-24(39)23-11-18(38)13-37(23)25(40)20-4-2-17(10-21(20)28)22-5-3-19(12-35-22)41-14-16-6-8-36(9-7-16)15-26(29,30)27(31,32)33/h2-5,10,12,16,18,23,38H,6-9,11,13-15H2,1H3,(H,34,39)/t18?,23-/m0/s1. The Morgan fingerprint density at radius 3 is 2.41 bits per heavy atom. The average molecular weight is 589 g/mol. The molecule has 1 unspecified atom stereocenters. The van der Waals surface area contributed by atoms with E-state index in [0.29, 0.717) is 29.8 Å². The summed E-state index contributed by atoms with van der Waals surface area (Å²) in [6, 6.07) is 6.25. The fraction of sp³-hybridized carbons (Fsp3) is 0.519. The van der Waals surface area contributed by atoms with Gasteiger partial charge in [0.1, 0.15) is 17.6 Å². The van der Waals surface area contributed by atoms with E-state index in [4.69, 9.17) is 4.74 Å². The van der Waals surface area contributed by atoms with E-state index in [1.54, 1.807) is 12.1 Å². The lowest BCUT2D eigenvalue weighted by Crippen LogP contribution is -2.49. The Balaban J connectivity index is 1.31. The van der Waals surface area contributed by atoms with Gasteiger partial charge in [0, 0.05) is 25.6 Å². The van der Waals surface area contributed by atoms with E-state index in [2.05, 4.69) is 10.3 Å². The van der Waals surface area contributed by atoms with Gasteiger partial charge in [0.05, 0.1) is 36.7 Å². The van der Waals surface area contributed by atoms with Crippen molar-refractivity contribution in [2.24, 2.45) is 5.92 Å². The number of piperidine rings is 1. The zero-order chi connectivity index (χ0) is 29.9. The van der Waals surface area contributed by atoms with Crippen molar-refractivity contribution < 1.29 is 45.8 Å². The molecule has 2 saturated heterocycles. The number of amides is 2. The number of β-amino-alcohol motifs (C(OH)–C–C–N with tert-alkyl or cyclic N) is 1. The van der Waals surface area contributed by atoms with Crippen LogP contribution in [0.2, 0.25) is 0 Å². The molecule has 1 aromatic carbocycles. The zero-order valence-corrected chi connectivity index (χ0v) is 22.1. The Labute approximate surface area is 232 Å². The molecule has 14 heteroatoms. The van der Waals surface area contributed by atoms with Gasteiger partial charge in [-0.3, -0.25) is 19.5 Å². The van der Waals surface area contributed by atoms with Gasteiger partial charge in [0.15, 0.2) is 0 Å². The molecule has 4 rings (SSSR count). The van der Waals surface area contributed by atoms with Gasteiger partial charge < -0.3 is 20.1 Å². The van der Waals surface area contributed by atoms with Gasteiger partial charge in [0.2, 0.25) is 5.91 Å². The summed E-state index contributed by atoms with van der Waals surface area (Å²) < 4.78 is 84.6. The summed E-state index contributed by atoms with van der Waals surface area (Å²) in [5.74, 6) is -6.35. The maximum absolute atomic E-state index is 15.0. The normalized spacial score (nSPS) is 20.7. The number of ether oxygens (including phenoxy) is 1. The third kappa shape index (κ3) is 7.10. The van der Waals surface area contributed by atoms with Crippen molar-refractivity contribution in [2.75, 3.05) is 39.8 Å². The second-order valence-electron chi connectivity index (χ2n) is 10.3. The van der Waals surface area contributed by atoms with Crippen molar-refractivity contribution in [3.05, 3.63) is 47.9 Å². The first kappa shape index (κ1) is 30.6. The van der Waals surface area contributed by atoms with Crippen LogP contribution in [0.1, 0.15) is 29.6 Å². The number of likely N-dealkylation sites (N-methyl/N-ethyl adjacent to an activating group) is 1. The Morgan fingerprint density at radius 1 is 1.12 bits per heavy atom. The van der Waals surface area contributed by atoms with Crippen molar-refractivity contribution in [3.63, 3.8) is 0 Å². The van der Waals surface area contributed by atoms with E-state index < -0.39 is 48.4 Å². The van der Waals surface area contributed by atoms with Crippen LogP contribution in [0.25, 0.3) is 11.3 Å². The van der Waals surface area contributed by atoms with Crippen molar-refractivity contribution in [1.82, 2.24) is 20.1 Å². The first-order valence-electron chi connectivity index (χ1n) is 13.1.